The lowest BCUT2D eigenvalue weighted by atomic mass is 10.1. The highest BCUT2D eigenvalue weighted by Gasteiger charge is 2.18. The van der Waals surface area contributed by atoms with Crippen molar-refractivity contribution in [3.63, 3.8) is 0 Å². The van der Waals surface area contributed by atoms with E-state index < -0.39 is 84.9 Å². The van der Waals surface area contributed by atoms with Crippen molar-refractivity contribution in [1.82, 2.24) is 0 Å². The number of esters is 1. The van der Waals surface area contributed by atoms with E-state index in [1.54, 1.807) is 62.9 Å². The normalized spacial score (nSPS) is 12.7. The Balaban J connectivity index is 0. The maximum Gasteiger partial charge on any atom is 0.425 e. The van der Waals surface area contributed by atoms with Crippen molar-refractivity contribution in [3.05, 3.63) is 168 Å². The average molecular weight is 1880 g/mol. The SMILES string of the molecule is CNc1ccc(Nc2ccc(N=C3C=CC(=Nc4ccc(C)cc4OC)C=C3OC)cc2OC)cc1OC.COC1=CC(=Nc2ccc(C)cc2OC)C=CC1=Nc1ccc(Nc2ccc(NC(=O)CCCCCO)c(OC)c2)c(OC)c1.O=C1CCCCCO1.O=S(=O)=O.O=S(=O)=O.O=S(=O)=O.O=S(=O)=O.O=S(=O)=O.O=S(=O)=O.O=S(=O)=O.O=S(=O)=O. The van der Waals surface area contributed by atoms with Gasteiger partial charge in [-0.1, -0.05) is 18.6 Å². The van der Waals surface area contributed by atoms with Crippen LogP contribution in [0.25, 0.3) is 0 Å². The molecule has 123 heavy (non-hydrogen) atoms. The number of ether oxygens (including phenoxy) is 9. The lowest BCUT2D eigenvalue weighted by Gasteiger charge is -2.15. The molecule has 1 heterocycles. The van der Waals surface area contributed by atoms with Crippen LogP contribution in [0.4, 0.5) is 56.9 Å². The molecule has 0 atom stereocenters. The molecule has 1 amide bonds. The number of rotatable bonds is 23. The number of nitrogens with one attached hydrogen (secondary N) is 4. The Hall–Kier alpha value is -13.4. The Morgan fingerprint density at radius 3 is 1.09 bits per heavy atom. The largest absolute Gasteiger partial charge is 0.495 e. The molecular formula is C71H82N8O36S8. The number of benzene rings is 6. The molecule has 670 valence electrons. The summed E-state index contributed by atoms with van der Waals surface area (Å²) in [5.41, 5.74) is 12.5. The number of carbonyl (C=O) groups is 2. The summed E-state index contributed by atoms with van der Waals surface area (Å²) < 4.78 is 252. The zero-order chi connectivity index (χ0) is 93.7. The van der Waals surface area contributed by atoms with Crippen molar-refractivity contribution in [3.8, 4) is 34.5 Å². The van der Waals surface area contributed by atoms with Gasteiger partial charge in [-0.25, -0.2) is 20.0 Å². The second-order valence-electron chi connectivity index (χ2n) is 22.4. The van der Waals surface area contributed by atoms with Crippen molar-refractivity contribution >= 4 is 176 Å². The van der Waals surface area contributed by atoms with Gasteiger partial charge in [-0.3, -0.25) is 9.59 Å². The molecule has 0 aromatic heterocycles. The number of methoxy groups -OCH3 is 8. The molecule has 0 spiro atoms. The quantitative estimate of drug-likeness (QED) is 0.0244. The summed E-state index contributed by atoms with van der Waals surface area (Å²) in [7, 11) is -10.1. The van der Waals surface area contributed by atoms with E-state index in [2.05, 4.69) is 21.3 Å². The molecule has 0 radical (unpaired) electrons. The molecule has 6 aromatic carbocycles. The van der Waals surface area contributed by atoms with E-state index >= 15 is 0 Å². The molecule has 52 heteroatoms. The number of allylic oxidation sites excluding steroid dienone is 6. The second kappa shape index (κ2) is 64.5. The minimum Gasteiger partial charge on any atom is -0.495 e. The van der Waals surface area contributed by atoms with E-state index in [9.17, 15) is 9.59 Å². The van der Waals surface area contributed by atoms with E-state index in [1.165, 1.54) is 0 Å². The van der Waals surface area contributed by atoms with E-state index in [4.69, 9.17) is 169 Å². The third-order valence-corrected chi connectivity index (χ3v) is 14.2. The monoisotopic (exact) mass is 1880 g/mol. The number of aliphatic imine (C=N–C) groups is 4. The van der Waals surface area contributed by atoms with Crippen LogP contribution in [0.5, 0.6) is 34.5 Å². The molecule has 5 N–H and O–H groups in total. The lowest BCUT2D eigenvalue weighted by Crippen LogP contribution is -2.12. The number of cyclic esters (lactones) is 1. The number of amides is 1. The van der Waals surface area contributed by atoms with Gasteiger partial charge in [0, 0.05) is 74.3 Å². The number of hydrogen-bond acceptors (Lipinski definition) is 43. The number of aliphatic hydroxyl groups is 1. The van der Waals surface area contributed by atoms with Crippen LogP contribution in [0.15, 0.2) is 177 Å². The molecule has 3 aliphatic rings. The Kier molecular flexibility index (Phi) is 58.6. The van der Waals surface area contributed by atoms with E-state index in [1.807, 2.05) is 160 Å². The van der Waals surface area contributed by atoms with Crippen molar-refractivity contribution in [1.29, 1.82) is 0 Å². The van der Waals surface area contributed by atoms with Crippen molar-refractivity contribution < 1.29 is 158 Å². The molecule has 2 aliphatic carbocycles. The molecule has 0 unspecified atom stereocenters. The fourth-order valence-electron chi connectivity index (χ4n) is 9.42. The van der Waals surface area contributed by atoms with E-state index in [-0.39, 0.29) is 18.5 Å². The molecule has 6 aromatic rings. The first-order chi connectivity index (χ1) is 58.1. The van der Waals surface area contributed by atoms with Crippen molar-refractivity contribution in [2.24, 2.45) is 20.0 Å². The number of nitrogens with zero attached hydrogens (tertiary/aromatic N) is 4. The summed E-state index contributed by atoms with van der Waals surface area (Å²) in [6.45, 7) is 4.80. The van der Waals surface area contributed by atoms with Crippen LogP contribution < -0.4 is 49.7 Å². The Labute approximate surface area is 716 Å². The smallest absolute Gasteiger partial charge is 0.425 e. The average Bonchev–Trinajstić information content (AvgIpc) is 0.837. The van der Waals surface area contributed by atoms with Gasteiger partial charge >= 0.3 is 90.8 Å². The molecule has 1 aliphatic heterocycles. The minimum atomic E-state index is -3.11. The summed E-state index contributed by atoms with van der Waals surface area (Å²) in [5.74, 6) is 4.99. The first kappa shape index (κ1) is 112. The summed E-state index contributed by atoms with van der Waals surface area (Å²) in [6.07, 6.45) is 17.6. The van der Waals surface area contributed by atoms with Crippen LogP contribution >= 0.6 is 0 Å². The van der Waals surface area contributed by atoms with Crippen molar-refractivity contribution in [2.75, 3.05) is 98.4 Å². The molecule has 1 fully saturated rings. The van der Waals surface area contributed by atoms with Crippen LogP contribution in [-0.4, -0.2) is 218 Å². The van der Waals surface area contributed by atoms with Gasteiger partial charge in [-0.15, -0.1) is 101 Å². The first-order valence-corrected chi connectivity index (χ1v) is 41.8. The standard InChI is InChI=1S/C35H40N4O6.C30H32N4O4.C6H10O2.8O3S/c1-23-10-14-27(31(19-23)42-2)36-24-11-15-28(32(20-24)43-3)37-25-12-16-29(33(21-25)44-4)38-26-13-17-30(34(22-26)45-5)39-35(41)9-7-6-8-18-40;1-19-7-11-24(27(15-19)35-3)32-21-9-13-26(29(17-21)37-5)34-22-10-14-25(30(18-22)38-6)33-20-8-12-23(31-2)28(16-20)36-4;7-6-4-2-1-3-5-8-6;8*1-4(2)3/h10-17,19-22,38,40H,6-9,18H2,1-5H3,(H,39,41);7-18,31,33H,1-6H3;1-5H2;;;;;;;;. The van der Waals surface area contributed by atoms with E-state index in [0.29, 0.717) is 95.3 Å². The van der Waals surface area contributed by atoms with E-state index in [0.717, 1.165) is 99.5 Å². The van der Waals surface area contributed by atoms with Gasteiger partial charge in [-0.2, -0.15) is 0 Å². The van der Waals surface area contributed by atoms with Crippen molar-refractivity contribution in [2.45, 2.75) is 65.2 Å². The zero-order valence-corrected chi connectivity index (χ0v) is 73.3. The Bertz CT molecular complexity index is 5420. The summed E-state index contributed by atoms with van der Waals surface area (Å²) in [6, 6.07) is 34.4. The Morgan fingerprint density at radius 2 is 0.740 bits per heavy atom. The van der Waals surface area contributed by atoms with Gasteiger partial charge < -0.3 is 69.0 Å². The molecule has 44 nitrogen and oxygen atoms in total. The lowest BCUT2D eigenvalue weighted by molar-refractivity contribution is -0.142. The van der Waals surface area contributed by atoms with Gasteiger partial charge in [0.15, 0.2) is 0 Å². The number of aliphatic hydroxyl groups excluding tert-OH is 1. The third kappa shape index (κ3) is 53.7. The zero-order valence-electron chi connectivity index (χ0n) is 66.7. The maximum atomic E-state index is 12.3. The number of anilines is 6. The van der Waals surface area contributed by atoms with Gasteiger partial charge in [0.2, 0.25) is 5.91 Å². The van der Waals surface area contributed by atoms with Crippen LogP contribution in [0.2, 0.25) is 0 Å². The van der Waals surface area contributed by atoms with Crippen LogP contribution in [0, 0.1) is 13.8 Å². The minimum absolute atomic E-state index is 0.0255. The maximum absolute atomic E-state index is 12.3. The number of hydrogen-bond donors (Lipinski definition) is 5. The highest BCUT2D eigenvalue weighted by Crippen LogP contribution is 2.38. The summed E-state index contributed by atoms with van der Waals surface area (Å²) in [4.78, 5) is 41.8. The van der Waals surface area contributed by atoms with Gasteiger partial charge in [0.1, 0.15) is 68.8 Å². The topological polar surface area (TPSA) is 645 Å². The number of unbranched alkanes of at least 4 members (excludes halogenated alkanes) is 2. The first-order valence-electron chi connectivity index (χ1n) is 33.8. The number of aryl methyl sites for hydroxylation is 2. The van der Waals surface area contributed by atoms with Crippen LogP contribution in [0.3, 0.4) is 0 Å². The highest BCUT2D eigenvalue weighted by molar-refractivity contribution is 7.60. The van der Waals surface area contributed by atoms with Gasteiger partial charge in [0.05, 0.1) is 109 Å². The third-order valence-electron chi connectivity index (χ3n) is 14.2. The predicted molar refractivity (Wildman–Crippen MR) is 442 cm³/mol. The van der Waals surface area contributed by atoms with Crippen LogP contribution in [0.1, 0.15) is 62.5 Å². The summed E-state index contributed by atoms with van der Waals surface area (Å²) in [5, 5.41) is 21.7. The fraction of sp³-hybridized carbons (Fsp3) is 0.296. The molecule has 0 bridgehead atoms. The van der Waals surface area contributed by atoms with Crippen LogP contribution in [-0.2, 0) is 109 Å². The molecule has 9 rings (SSSR count). The van der Waals surface area contributed by atoms with Gasteiger partial charge in [0.25, 0.3) is 0 Å². The molecule has 0 saturated carbocycles. The predicted octanol–water partition coefficient (Wildman–Crippen LogP) is 7.02. The Morgan fingerprint density at radius 1 is 0.390 bits per heavy atom. The summed E-state index contributed by atoms with van der Waals surface area (Å²) >= 11 is 0. The molecule has 1 saturated heterocycles. The molecular weight excluding hydrogens is 1800 g/mol. The highest BCUT2D eigenvalue weighted by atomic mass is 32.2. The number of carbonyl (C=O) groups excluding carboxylic acids is 2. The second-order valence-corrected chi connectivity index (χ2v) is 25.6. The van der Waals surface area contributed by atoms with Gasteiger partial charge in [-0.05, 0) is 154 Å². The fourth-order valence-corrected chi connectivity index (χ4v) is 9.42.